The van der Waals surface area contributed by atoms with Crippen molar-refractivity contribution < 1.29 is 12.9 Å². The summed E-state index contributed by atoms with van der Waals surface area (Å²) in [6.45, 7) is 4.92. The Bertz CT molecular complexity index is 1400. The van der Waals surface area contributed by atoms with Crippen LogP contribution in [0.4, 0.5) is 0 Å². The SMILES string of the molecule is CC(C)n1ncc2ccc(-c3noc(C4CCN(S(=O)(=O)c5ccccc5Cl)CC4)n3)cc21. The largest absolute Gasteiger partial charge is 0.339 e. The topological polar surface area (TPSA) is 94.1 Å². The van der Waals surface area contributed by atoms with Crippen LogP contribution in [0.1, 0.15) is 44.5 Å². The van der Waals surface area contributed by atoms with Gasteiger partial charge in [0.25, 0.3) is 0 Å². The van der Waals surface area contributed by atoms with Gasteiger partial charge in [-0.3, -0.25) is 4.68 Å². The first-order valence-corrected chi connectivity index (χ1v) is 12.7. The smallest absolute Gasteiger partial charge is 0.244 e. The van der Waals surface area contributed by atoms with E-state index in [1.54, 1.807) is 18.2 Å². The van der Waals surface area contributed by atoms with Gasteiger partial charge in [-0.2, -0.15) is 14.4 Å². The lowest BCUT2D eigenvalue weighted by Gasteiger charge is -2.29. The number of benzene rings is 2. The van der Waals surface area contributed by atoms with Crippen molar-refractivity contribution in [1.29, 1.82) is 0 Å². The molecule has 0 saturated carbocycles. The first-order chi connectivity index (χ1) is 15.8. The number of piperidine rings is 1. The molecule has 1 aliphatic heterocycles. The maximum absolute atomic E-state index is 13.0. The van der Waals surface area contributed by atoms with Gasteiger partial charge in [-0.1, -0.05) is 41.0 Å². The van der Waals surface area contributed by atoms with Crippen molar-refractivity contribution >= 4 is 32.5 Å². The van der Waals surface area contributed by atoms with Crippen molar-refractivity contribution in [2.75, 3.05) is 13.1 Å². The summed E-state index contributed by atoms with van der Waals surface area (Å²) in [6.07, 6.45) is 3.06. The predicted molar refractivity (Wildman–Crippen MR) is 126 cm³/mol. The van der Waals surface area contributed by atoms with Crippen molar-refractivity contribution in [1.82, 2.24) is 24.2 Å². The molecule has 0 unspecified atom stereocenters. The summed E-state index contributed by atoms with van der Waals surface area (Å²) < 4.78 is 35.0. The molecule has 0 N–H and O–H groups in total. The first-order valence-electron chi connectivity index (χ1n) is 10.9. The molecule has 0 amide bonds. The molecule has 172 valence electrons. The van der Waals surface area contributed by atoms with E-state index < -0.39 is 10.0 Å². The highest BCUT2D eigenvalue weighted by Gasteiger charge is 2.33. The van der Waals surface area contributed by atoms with Crippen LogP contribution in [0.3, 0.4) is 0 Å². The molecule has 2 aromatic heterocycles. The Kier molecular flexibility index (Phi) is 5.72. The zero-order chi connectivity index (χ0) is 23.2. The van der Waals surface area contributed by atoms with E-state index in [4.69, 9.17) is 16.1 Å². The highest BCUT2D eigenvalue weighted by Crippen LogP contribution is 2.33. The van der Waals surface area contributed by atoms with E-state index in [2.05, 4.69) is 29.1 Å². The number of rotatable bonds is 5. The van der Waals surface area contributed by atoms with Crippen LogP contribution in [0, 0.1) is 0 Å². The summed E-state index contributed by atoms with van der Waals surface area (Å²) in [5.74, 6) is 1.07. The molecule has 33 heavy (non-hydrogen) atoms. The highest BCUT2D eigenvalue weighted by molar-refractivity contribution is 7.89. The predicted octanol–water partition coefficient (Wildman–Crippen LogP) is 4.89. The Balaban J connectivity index is 1.32. The summed E-state index contributed by atoms with van der Waals surface area (Å²) in [6, 6.07) is 12.8. The molecule has 1 saturated heterocycles. The van der Waals surface area contributed by atoms with Gasteiger partial charge in [-0.15, -0.1) is 0 Å². The average Bonchev–Trinajstić information content (AvgIpc) is 3.46. The quantitative estimate of drug-likeness (QED) is 0.399. The van der Waals surface area contributed by atoms with Gasteiger partial charge in [0.2, 0.25) is 21.7 Å². The minimum absolute atomic E-state index is 0.00821. The third-order valence-corrected chi connectivity index (χ3v) is 8.44. The molecular formula is C23H24ClN5O3S. The lowest BCUT2D eigenvalue weighted by molar-refractivity contribution is 0.271. The van der Waals surface area contributed by atoms with Gasteiger partial charge in [-0.05, 0) is 44.9 Å². The van der Waals surface area contributed by atoms with E-state index in [9.17, 15) is 8.42 Å². The molecule has 0 atom stereocenters. The van der Waals surface area contributed by atoms with Crippen LogP contribution in [0.5, 0.6) is 0 Å². The average molecular weight is 486 g/mol. The number of hydrogen-bond acceptors (Lipinski definition) is 6. The van der Waals surface area contributed by atoms with Crippen LogP contribution in [0.15, 0.2) is 58.1 Å². The second kappa shape index (κ2) is 8.55. The second-order valence-corrected chi connectivity index (χ2v) is 10.8. The minimum atomic E-state index is -3.64. The Hall–Kier alpha value is -2.75. The molecule has 3 heterocycles. The summed E-state index contributed by atoms with van der Waals surface area (Å²) in [5, 5.41) is 9.93. The molecule has 0 aliphatic carbocycles. The molecular weight excluding hydrogens is 462 g/mol. The molecule has 2 aromatic carbocycles. The summed E-state index contributed by atoms with van der Waals surface area (Å²) in [4.78, 5) is 4.77. The monoisotopic (exact) mass is 485 g/mol. The number of fused-ring (bicyclic) bond motifs is 1. The molecule has 8 nitrogen and oxygen atoms in total. The molecule has 0 radical (unpaired) electrons. The van der Waals surface area contributed by atoms with Crippen molar-refractivity contribution in [3.8, 4) is 11.4 Å². The molecule has 5 rings (SSSR count). The molecule has 4 aromatic rings. The summed E-state index contributed by atoms with van der Waals surface area (Å²) >= 11 is 6.13. The maximum Gasteiger partial charge on any atom is 0.244 e. The number of aromatic nitrogens is 4. The zero-order valence-electron chi connectivity index (χ0n) is 18.3. The van der Waals surface area contributed by atoms with Crippen molar-refractivity contribution in [3.05, 3.63) is 59.6 Å². The first kappa shape index (κ1) is 22.1. The van der Waals surface area contributed by atoms with Gasteiger partial charge >= 0.3 is 0 Å². The van der Waals surface area contributed by atoms with Crippen LogP contribution in [-0.4, -0.2) is 45.7 Å². The number of halogens is 1. The second-order valence-electron chi connectivity index (χ2n) is 8.52. The Morgan fingerprint density at radius 2 is 1.88 bits per heavy atom. The van der Waals surface area contributed by atoms with Crippen LogP contribution in [0.2, 0.25) is 5.02 Å². The zero-order valence-corrected chi connectivity index (χ0v) is 19.9. The number of nitrogens with zero attached hydrogens (tertiary/aromatic N) is 5. The molecule has 1 fully saturated rings. The maximum atomic E-state index is 13.0. The number of sulfonamides is 1. The van der Waals surface area contributed by atoms with Gasteiger partial charge in [0.1, 0.15) is 4.90 Å². The van der Waals surface area contributed by atoms with Gasteiger partial charge in [0, 0.05) is 36.0 Å². The van der Waals surface area contributed by atoms with Gasteiger partial charge in [-0.25, -0.2) is 8.42 Å². The Morgan fingerprint density at radius 1 is 1.12 bits per heavy atom. The third kappa shape index (κ3) is 4.05. The number of hydrogen-bond donors (Lipinski definition) is 0. The van der Waals surface area contributed by atoms with Crippen molar-refractivity contribution in [3.63, 3.8) is 0 Å². The molecule has 10 heteroatoms. The summed E-state index contributed by atoms with van der Waals surface area (Å²) in [7, 11) is -3.64. The fourth-order valence-electron chi connectivity index (χ4n) is 4.24. The van der Waals surface area contributed by atoms with E-state index in [0.717, 1.165) is 16.5 Å². The highest BCUT2D eigenvalue weighted by atomic mass is 35.5. The standard InChI is InChI=1S/C23H24ClN5O3S/c1-15(2)29-20-13-17(7-8-18(20)14-25-29)22-26-23(32-27-22)16-9-11-28(12-10-16)33(30,31)21-6-4-3-5-19(21)24/h3-8,13-16H,9-12H2,1-2H3. The van der Waals surface area contributed by atoms with Gasteiger partial charge < -0.3 is 4.52 Å². The van der Waals surface area contributed by atoms with Gasteiger partial charge in [0.15, 0.2) is 0 Å². The van der Waals surface area contributed by atoms with E-state index in [0.29, 0.717) is 37.6 Å². The van der Waals surface area contributed by atoms with E-state index >= 15 is 0 Å². The molecule has 1 aliphatic rings. The summed E-state index contributed by atoms with van der Waals surface area (Å²) in [5.41, 5.74) is 1.88. The fourth-order valence-corrected chi connectivity index (χ4v) is 6.21. The Morgan fingerprint density at radius 3 is 2.61 bits per heavy atom. The molecule has 0 spiro atoms. The van der Waals surface area contributed by atoms with Crippen molar-refractivity contribution in [2.45, 2.75) is 43.5 Å². The van der Waals surface area contributed by atoms with Crippen LogP contribution in [-0.2, 0) is 10.0 Å². The normalized spacial score (nSPS) is 16.1. The minimum Gasteiger partial charge on any atom is -0.339 e. The Labute approximate surface area is 197 Å². The van der Waals surface area contributed by atoms with Crippen LogP contribution < -0.4 is 0 Å². The molecule has 0 bridgehead atoms. The lowest BCUT2D eigenvalue weighted by atomic mass is 9.98. The lowest BCUT2D eigenvalue weighted by Crippen LogP contribution is -2.38. The van der Waals surface area contributed by atoms with Crippen LogP contribution >= 0.6 is 11.6 Å². The van der Waals surface area contributed by atoms with E-state index in [1.165, 1.54) is 10.4 Å². The van der Waals surface area contributed by atoms with Gasteiger partial charge in [0.05, 0.1) is 16.7 Å². The fraction of sp³-hybridized carbons (Fsp3) is 0.348. The van der Waals surface area contributed by atoms with E-state index in [1.807, 2.05) is 29.1 Å². The van der Waals surface area contributed by atoms with Crippen LogP contribution in [0.25, 0.3) is 22.3 Å². The third-order valence-electron chi connectivity index (χ3n) is 6.05. The van der Waals surface area contributed by atoms with Crippen molar-refractivity contribution in [2.24, 2.45) is 0 Å². The van der Waals surface area contributed by atoms with E-state index in [-0.39, 0.29) is 21.9 Å².